The van der Waals surface area contributed by atoms with Crippen molar-refractivity contribution in [1.82, 2.24) is 0 Å². The highest BCUT2D eigenvalue weighted by Crippen LogP contribution is 2.37. The van der Waals surface area contributed by atoms with E-state index in [1.807, 2.05) is 37.3 Å². The molecule has 0 saturated carbocycles. The first kappa shape index (κ1) is 22.0. The van der Waals surface area contributed by atoms with Crippen LogP contribution in [0.1, 0.15) is 27.0 Å². The summed E-state index contributed by atoms with van der Waals surface area (Å²) in [6.45, 7) is 2.97. The minimum Gasteiger partial charge on any atom is -0.493 e. The second-order valence-corrected chi connectivity index (χ2v) is 8.00. The van der Waals surface area contributed by atoms with E-state index in [-0.39, 0.29) is 10.6 Å². The third-order valence-corrected chi connectivity index (χ3v) is 5.35. The molecular formula is C23H21BrClNO4. The standard InChI is InChI=1S/C23H21BrClNO4/c1-14-4-3-5-15(8-14)13-30-22-19(24)9-16(10-21(22)29-2)12-26-17-6-7-18(23(27)28)20(25)11-17/h3-11,26H,12-13H2,1-2H3,(H,27,28). The Morgan fingerprint density at radius 2 is 1.93 bits per heavy atom. The molecule has 2 N–H and O–H groups in total. The summed E-state index contributed by atoms with van der Waals surface area (Å²) in [6.07, 6.45) is 0. The van der Waals surface area contributed by atoms with Crippen LogP contribution in [0.25, 0.3) is 0 Å². The molecule has 0 aliphatic rings. The first-order valence-corrected chi connectivity index (χ1v) is 10.4. The highest BCUT2D eigenvalue weighted by molar-refractivity contribution is 9.10. The molecule has 0 spiro atoms. The molecule has 3 aromatic rings. The fourth-order valence-electron chi connectivity index (χ4n) is 2.98. The van der Waals surface area contributed by atoms with E-state index in [9.17, 15) is 4.79 Å². The van der Waals surface area contributed by atoms with Gasteiger partial charge in [-0.15, -0.1) is 0 Å². The van der Waals surface area contributed by atoms with Crippen LogP contribution in [0.2, 0.25) is 5.02 Å². The van der Waals surface area contributed by atoms with Crippen LogP contribution in [-0.2, 0) is 13.2 Å². The Labute approximate surface area is 188 Å². The van der Waals surface area contributed by atoms with Gasteiger partial charge in [-0.3, -0.25) is 0 Å². The maximum atomic E-state index is 11.1. The molecule has 3 aromatic carbocycles. The Kier molecular flexibility index (Phi) is 7.24. The lowest BCUT2D eigenvalue weighted by molar-refractivity contribution is 0.0697. The minimum atomic E-state index is -1.05. The van der Waals surface area contributed by atoms with E-state index in [0.29, 0.717) is 24.7 Å². The SMILES string of the molecule is COc1cc(CNc2ccc(C(=O)O)c(Cl)c2)cc(Br)c1OCc1cccc(C)c1. The van der Waals surface area contributed by atoms with E-state index in [1.165, 1.54) is 11.6 Å². The second-order valence-electron chi connectivity index (χ2n) is 6.74. The number of carboxylic acid groups (broad SMARTS) is 1. The quantitative estimate of drug-likeness (QED) is 0.387. The van der Waals surface area contributed by atoms with Crippen molar-refractivity contribution in [2.45, 2.75) is 20.1 Å². The van der Waals surface area contributed by atoms with Gasteiger partial charge in [0, 0.05) is 12.2 Å². The third-order valence-electron chi connectivity index (χ3n) is 4.45. The lowest BCUT2D eigenvalue weighted by atomic mass is 10.1. The number of nitrogens with one attached hydrogen (secondary N) is 1. The van der Waals surface area contributed by atoms with Crippen molar-refractivity contribution in [3.63, 3.8) is 0 Å². The molecular weight excluding hydrogens is 470 g/mol. The van der Waals surface area contributed by atoms with Crippen molar-refractivity contribution in [3.8, 4) is 11.5 Å². The fourth-order valence-corrected chi connectivity index (χ4v) is 3.84. The number of aryl methyl sites for hydroxylation is 1. The molecule has 0 atom stereocenters. The number of rotatable bonds is 8. The molecule has 0 amide bonds. The topological polar surface area (TPSA) is 67.8 Å². The fraction of sp³-hybridized carbons (Fsp3) is 0.174. The highest BCUT2D eigenvalue weighted by atomic mass is 79.9. The summed E-state index contributed by atoms with van der Waals surface area (Å²) >= 11 is 9.60. The molecule has 0 heterocycles. The predicted molar refractivity (Wildman–Crippen MR) is 122 cm³/mol. The van der Waals surface area contributed by atoms with Gasteiger partial charge in [-0.25, -0.2) is 4.79 Å². The van der Waals surface area contributed by atoms with E-state index in [1.54, 1.807) is 19.2 Å². The smallest absolute Gasteiger partial charge is 0.337 e. The Bertz CT molecular complexity index is 1070. The van der Waals surface area contributed by atoms with Crippen molar-refractivity contribution in [2.75, 3.05) is 12.4 Å². The van der Waals surface area contributed by atoms with Crippen LogP contribution in [0.3, 0.4) is 0 Å². The Morgan fingerprint density at radius 1 is 1.13 bits per heavy atom. The number of aromatic carboxylic acids is 1. The van der Waals surface area contributed by atoms with Gasteiger partial charge in [0.1, 0.15) is 6.61 Å². The zero-order chi connectivity index (χ0) is 21.7. The highest BCUT2D eigenvalue weighted by Gasteiger charge is 2.13. The Morgan fingerprint density at radius 3 is 2.60 bits per heavy atom. The van der Waals surface area contributed by atoms with Crippen LogP contribution in [0.4, 0.5) is 5.69 Å². The summed E-state index contributed by atoms with van der Waals surface area (Å²) in [5.74, 6) is 0.200. The molecule has 7 heteroatoms. The van der Waals surface area contributed by atoms with Crippen LogP contribution in [0.5, 0.6) is 11.5 Å². The van der Waals surface area contributed by atoms with E-state index < -0.39 is 5.97 Å². The Hall–Kier alpha value is -2.70. The molecule has 0 aliphatic carbocycles. The van der Waals surface area contributed by atoms with E-state index in [0.717, 1.165) is 21.3 Å². The largest absolute Gasteiger partial charge is 0.493 e. The van der Waals surface area contributed by atoms with Crippen LogP contribution < -0.4 is 14.8 Å². The molecule has 0 saturated heterocycles. The van der Waals surface area contributed by atoms with Gasteiger partial charge >= 0.3 is 5.97 Å². The van der Waals surface area contributed by atoms with Gasteiger partial charge < -0.3 is 19.9 Å². The summed E-state index contributed by atoms with van der Waals surface area (Å²) in [6, 6.07) is 16.8. The lowest BCUT2D eigenvalue weighted by Gasteiger charge is -2.15. The normalized spacial score (nSPS) is 10.5. The summed E-state index contributed by atoms with van der Waals surface area (Å²) in [7, 11) is 1.60. The van der Waals surface area contributed by atoms with E-state index in [4.69, 9.17) is 26.2 Å². The average Bonchev–Trinajstić information content (AvgIpc) is 2.71. The molecule has 30 heavy (non-hydrogen) atoms. The maximum Gasteiger partial charge on any atom is 0.337 e. The van der Waals surface area contributed by atoms with Gasteiger partial charge in [0.25, 0.3) is 0 Å². The number of hydrogen-bond donors (Lipinski definition) is 2. The lowest BCUT2D eigenvalue weighted by Crippen LogP contribution is -2.04. The van der Waals surface area contributed by atoms with E-state index in [2.05, 4.69) is 27.3 Å². The first-order valence-electron chi connectivity index (χ1n) is 9.19. The monoisotopic (exact) mass is 489 g/mol. The van der Waals surface area contributed by atoms with Crippen molar-refractivity contribution >= 4 is 39.2 Å². The van der Waals surface area contributed by atoms with Gasteiger partial charge in [0.2, 0.25) is 0 Å². The molecule has 0 aliphatic heterocycles. The molecule has 0 fully saturated rings. The summed E-state index contributed by atoms with van der Waals surface area (Å²) < 4.78 is 12.3. The van der Waals surface area contributed by atoms with Crippen LogP contribution in [0, 0.1) is 6.92 Å². The summed E-state index contributed by atoms with van der Waals surface area (Å²) in [5, 5.41) is 12.5. The third kappa shape index (κ3) is 5.46. The average molecular weight is 491 g/mol. The van der Waals surface area contributed by atoms with Crippen molar-refractivity contribution in [3.05, 3.63) is 86.3 Å². The van der Waals surface area contributed by atoms with Crippen molar-refractivity contribution in [1.29, 1.82) is 0 Å². The molecule has 156 valence electrons. The van der Waals surface area contributed by atoms with Gasteiger partial charge in [0.15, 0.2) is 11.5 Å². The first-order chi connectivity index (χ1) is 14.4. The predicted octanol–water partition coefficient (Wildman–Crippen LogP) is 6.31. The molecule has 0 bridgehead atoms. The van der Waals surface area contributed by atoms with Crippen LogP contribution >= 0.6 is 27.5 Å². The molecule has 5 nitrogen and oxygen atoms in total. The van der Waals surface area contributed by atoms with Crippen LogP contribution in [0.15, 0.2) is 59.1 Å². The number of anilines is 1. The number of carbonyl (C=O) groups is 1. The second kappa shape index (κ2) is 9.87. The number of hydrogen-bond acceptors (Lipinski definition) is 4. The number of carboxylic acids is 1. The van der Waals surface area contributed by atoms with Gasteiger partial charge in [0.05, 0.1) is 22.2 Å². The van der Waals surface area contributed by atoms with Crippen molar-refractivity contribution < 1.29 is 19.4 Å². The zero-order valence-electron chi connectivity index (χ0n) is 16.5. The number of benzene rings is 3. The number of methoxy groups -OCH3 is 1. The van der Waals surface area contributed by atoms with Crippen molar-refractivity contribution in [2.24, 2.45) is 0 Å². The minimum absolute atomic E-state index is 0.0711. The van der Waals surface area contributed by atoms with Gasteiger partial charge in [-0.1, -0.05) is 41.4 Å². The van der Waals surface area contributed by atoms with Gasteiger partial charge in [-0.2, -0.15) is 0 Å². The number of ether oxygens (including phenoxy) is 2. The maximum absolute atomic E-state index is 11.1. The van der Waals surface area contributed by atoms with E-state index >= 15 is 0 Å². The molecule has 3 rings (SSSR count). The molecule has 0 aromatic heterocycles. The summed E-state index contributed by atoms with van der Waals surface area (Å²) in [5.41, 5.74) is 4.01. The number of halogens is 2. The van der Waals surface area contributed by atoms with Gasteiger partial charge in [-0.05, 0) is 64.3 Å². The Balaban J connectivity index is 1.72. The zero-order valence-corrected chi connectivity index (χ0v) is 18.9. The summed E-state index contributed by atoms with van der Waals surface area (Å²) in [4.78, 5) is 11.1. The molecule has 0 unspecified atom stereocenters. The van der Waals surface area contributed by atoms with Crippen LogP contribution in [-0.4, -0.2) is 18.2 Å². The molecule has 0 radical (unpaired) electrons.